The fourth-order valence-corrected chi connectivity index (χ4v) is 0.666. The van der Waals surface area contributed by atoms with Gasteiger partial charge in [-0.05, 0) is 6.92 Å². The molecular formula is C6H14O5. The lowest BCUT2D eigenvalue weighted by Gasteiger charge is -2.22. The Kier molecular flexibility index (Phi) is 5.35. The molecule has 5 heteroatoms. The molecule has 0 aromatic carbocycles. The van der Waals surface area contributed by atoms with Gasteiger partial charge in [-0.25, -0.2) is 0 Å². The van der Waals surface area contributed by atoms with Crippen molar-refractivity contribution in [3.63, 3.8) is 0 Å². The van der Waals surface area contributed by atoms with E-state index in [9.17, 15) is 0 Å². The van der Waals surface area contributed by atoms with Crippen LogP contribution in [0.2, 0.25) is 0 Å². The highest BCUT2D eigenvalue weighted by molar-refractivity contribution is 4.72. The van der Waals surface area contributed by atoms with Gasteiger partial charge in [0.25, 0.3) is 0 Å². The Labute approximate surface area is 64.9 Å². The van der Waals surface area contributed by atoms with Crippen LogP contribution in [-0.2, 0) is 4.74 Å². The second-order valence-electron chi connectivity index (χ2n) is 2.25. The molecule has 0 aliphatic rings. The van der Waals surface area contributed by atoms with Gasteiger partial charge in [-0.2, -0.15) is 0 Å². The van der Waals surface area contributed by atoms with E-state index in [1.54, 1.807) is 0 Å². The van der Waals surface area contributed by atoms with Crippen molar-refractivity contribution in [3.8, 4) is 0 Å². The molecule has 0 aliphatic carbocycles. The average Bonchev–Trinajstić information content (AvgIpc) is 1.98. The van der Waals surface area contributed by atoms with Crippen LogP contribution in [0, 0.1) is 0 Å². The lowest BCUT2D eigenvalue weighted by molar-refractivity contribution is -0.139. The summed E-state index contributed by atoms with van der Waals surface area (Å²) in [5.74, 6) is 0. The maximum absolute atomic E-state index is 9.07. The Morgan fingerprint density at radius 3 is 2.09 bits per heavy atom. The predicted molar refractivity (Wildman–Crippen MR) is 36.7 cm³/mol. The van der Waals surface area contributed by atoms with Crippen molar-refractivity contribution in [1.82, 2.24) is 0 Å². The second kappa shape index (κ2) is 5.45. The molecule has 0 heterocycles. The molecule has 0 amide bonds. The molecule has 0 spiro atoms. The van der Waals surface area contributed by atoms with Crippen LogP contribution in [0.3, 0.4) is 0 Å². The van der Waals surface area contributed by atoms with Crippen LogP contribution in [0.1, 0.15) is 6.92 Å². The molecule has 5 nitrogen and oxygen atoms in total. The van der Waals surface area contributed by atoms with Gasteiger partial charge in [0.05, 0.1) is 12.7 Å². The lowest BCUT2D eigenvalue weighted by atomic mass is 10.1. The third-order valence-electron chi connectivity index (χ3n) is 1.34. The molecule has 68 valence electrons. The summed E-state index contributed by atoms with van der Waals surface area (Å²) < 4.78 is 4.51. The Morgan fingerprint density at radius 2 is 1.82 bits per heavy atom. The number of aliphatic hydroxyl groups excluding tert-OH is 4. The minimum atomic E-state index is -1.17. The van der Waals surface area contributed by atoms with Gasteiger partial charge >= 0.3 is 0 Å². The summed E-state index contributed by atoms with van der Waals surface area (Å²) in [6.45, 7) is 0.343. The van der Waals surface area contributed by atoms with Crippen molar-refractivity contribution in [2.45, 2.75) is 25.2 Å². The van der Waals surface area contributed by atoms with Crippen molar-refractivity contribution in [1.29, 1.82) is 0 Å². The molecule has 0 fully saturated rings. The third-order valence-corrected chi connectivity index (χ3v) is 1.34. The fourth-order valence-electron chi connectivity index (χ4n) is 0.666. The summed E-state index contributed by atoms with van der Waals surface area (Å²) in [6, 6.07) is 0. The smallest absolute Gasteiger partial charge is 0.144 e. The number of aliphatic hydroxyl groups is 4. The molecule has 0 saturated carbocycles. The molecule has 3 unspecified atom stereocenters. The number of rotatable bonds is 5. The van der Waals surface area contributed by atoms with Crippen LogP contribution < -0.4 is 0 Å². The number of ether oxygens (including phenoxy) is 1. The molecule has 0 aliphatic heterocycles. The number of hydrogen-bond acceptors (Lipinski definition) is 5. The topological polar surface area (TPSA) is 90.2 Å². The summed E-state index contributed by atoms with van der Waals surface area (Å²) >= 11 is 0. The van der Waals surface area contributed by atoms with E-state index in [2.05, 4.69) is 4.74 Å². The zero-order chi connectivity index (χ0) is 8.85. The molecule has 0 aromatic rings. The van der Waals surface area contributed by atoms with Gasteiger partial charge in [0.2, 0.25) is 0 Å². The Hall–Kier alpha value is -0.200. The molecule has 0 rings (SSSR count). The first-order valence-corrected chi connectivity index (χ1v) is 3.33. The highest BCUT2D eigenvalue weighted by Gasteiger charge is 2.22. The first-order valence-electron chi connectivity index (χ1n) is 3.33. The molecule has 0 radical (unpaired) electrons. The van der Waals surface area contributed by atoms with Gasteiger partial charge in [0, 0.05) is 0 Å². The van der Waals surface area contributed by atoms with E-state index in [1.165, 1.54) is 6.92 Å². The maximum Gasteiger partial charge on any atom is 0.144 e. The highest BCUT2D eigenvalue weighted by Crippen LogP contribution is 2.02. The number of hydrogen-bond donors (Lipinski definition) is 4. The third kappa shape index (κ3) is 3.64. The second-order valence-corrected chi connectivity index (χ2v) is 2.25. The zero-order valence-electron chi connectivity index (χ0n) is 6.34. The standard InChI is InChI=1S/C6H14O5/c1-4(9)6(10)5(2-7)11-3-8/h4-10H,2-3H2,1H3. The average molecular weight is 166 g/mol. The van der Waals surface area contributed by atoms with Crippen LogP contribution in [-0.4, -0.2) is 52.1 Å². The quantitative estimate of drug-likeness (QED) is 0.357. The molecule has 0 saturated heterocycles. The van der Waals surface area contributed by atoms with Gasteiger partial charge in [-0.15, -0.1) is 0 Å². The van der Waals surface area contributed by atoms with E-state index >= 15 is 0 Å². The van der Waals surface area contributed by atoms with Gasteiger partial charge in [-0.1, -0.05) is 0 Å². The van der Waals surface area contributed by atoms with Gasteiger partial charge in [0.1, 0.15) is 19.0 Å². The van der Waals surface area contributed by atoms with Crippen LogP contribution in [0.25, 0.3) is 0 Å². The van der Waals surface area contributed by atoms with E-state index in [0.29, 0.717) is 0 Å². The SMILES string of the molecule is CC(O)C(O)C(CO)OCO. The van der Waals surface area contributed by atoms with Crippen molar-refractivity contribution in [2.24, 2.45) is 0 Å². The minimum Gasteiger partial charge on any atom is -0.394 e. The molecule has 3 atom stereocenters. The summed E-state index contributed by atoms with van der Waals surface area (Å²) in [6.07, 6.45) is -3.09. The maximum atomic E-state index is 9.07. The van der Waals surface area contributed by atoms with Crippen molar-refractivity contribution in [3.05, 3.63) is 0 Å². The van der Waals surface area contributed by atoms with Gasteiger partial charge in [-0.3, -0.25) is 0 Å². The molecule has 0 aromatic heterocycles. The van der Waals surface area contributed by atoms with E-state index in [1.807, 2.05) is 0 Å². The van der Waals surface area contributed by atoms with Crippen molar-refractivity contribution in [2.75, 3.05) is 13.4 Å². The first-order chi connectivity index (χ1) is 5.13. The van der Waals surface area contributed by atoms with E-state index < -0.39 is 31.7 Å². The van der Waals surface area contributed by atoms with Crippen LogP contribution >= 0.6 is 0 Å². The van der Waals surface area contributed by atoms with Crippen molar-refractivity contribution >= 4 is 0 Å². The minimum absolute atomic E-state index is 0.438. The highest BCUT2D eigenvalue weighted by atomic mass is 16.6. The first kappa shape index (κ1) is 10.8. The molecular weight excluding hydrogens is 152 g/mol. The monoisotopic (exact) mass is 166 g/mol. The molecule has 0 bridgehead atoms. The van der Waals surface area contributed by atoms with Crippen LogP contribution in [0.15, 0.2) is 0 Å². The summed E-state index contributed by atoms with van der Waals surface area (Å²) in [7, 11) is 0. The summed E-state index contributed by atoms with van der Waals surface area (Å²) in [4.78, 5) is 0. The zero-order valence-corrected chi connectivity index (χ0v) is 6.34. The van der Waals surface area contributed by atoms with E-state index in [-0.39, 0.29) is 0 Å². The normalized spacial score (nSPS) is 19.4. The summed E-state index contributed by atoms with van der Waals surface area (Å²) in [5.41, 5.74) is 0. The molecule has 11 heavy (non-hydrogen) atoms. The Bertz CT molecular complexity index is 95.0. The van der Waals surface area contributed by atoms with Gasteiger partial charge < -0.3 is 25.2 Å². The van der Waals surface area contributed by atoms with Crippen molar-refractivity contribution < 1.29 is 25.2 Å². The largest absolute Gasteiger partial charge is 0.394 e. The van der Waals surface area contributed by atoms with Crippen LogP contribution in [0.5, 0.6) is 0 Å². The van der Waals surface area contributed by atoms with Gasteiger partial charge in [0.15, 0.2) is 0 Å². The summed E-state index contributed by atoms with van der Waals surface area (Å²) in [5, 5.41) is 34.7. The Balaban J connectivity index is 3.81. The van der Waals surface area contributed by atoms with Crippen LogP contribution in [0.4, 0.5) is 0 Å². The Morgan fingerprint density at radius 1 is 1.27 bits per heavy atom. The fraction of sp³-hybridized carbons (Fsp3) is 1.00. The van der Waals surface area contributed by atoms with E-state index in [4.69, 9.17) is 20.4 Å². The van der Waals surface area contributed by atoms with E-state index in [0.717, 1.165) is 0 Å². The predicted octanol–water partition coefficient (Wildman–Crippen LogP) is -1.94. The molecule has 4 N–H and O–H groups in total. The lowest BCUT2D eigenvalue weighted by Crippen LogP contribution is -2.40.